The van der Waals surface area contributed by atoms with Crippen LogP contribution in [0.1, 0.15) is 5.76 Å². The molecule has 2 aromatic rings. The molecule has 0 spiro atoms. The molecule has 0 radical (unpaired) electrons. The normalized spacial score (nSPS) is 10.7. The zero-order valence-electron chi connectivity index (χ0n) is 10.3. The maximum Gasteiger partial charge on any atom is 0.433 e. The number of furan rings is 1. The lowest BCUT2D eigenvalue weighted by Crippen LogP contribution is -2.06. The summed E-state index contributed by atoms with van der Waals surface area (Å²) in [5.41, 5.74) is 7.97. The highest BCUT2D eigenvalue weighted by molar-refractivity contribution is 5.76. The Bertz CT molecular complexity index is 652. The topological polar surface area (TPSA) is 157 Å². The van der Waals surface area contributed by atoms with Crippen molar-refractivity contribution in [3.05, 3.63) is 28.0 Å². The van der Waals surface area contributed by atoms with E-state index in [1.54, 1.807) is 7.05 Å². The number of hydrazone groups is 1. The smallest absolute Gasteiger partial charge is 0.400 e. The zero-order chi connectivity index (χ0) is 14.5. The quantitative estimate of drug-likeness (QED) is 0.400. The van der Waals surface area contributed by atoms with Gasteiger partial charge in [-0.3, -0.25) is 10.1 Å². The maximum atomic E-state index is 10.4. The van der Waals surface area contributed by atoms with Crippen molar-refractivity contribution in [3.63, 3.8) is 0 Å². The van der Waals surface area contributed by atoms with Crippen LogP contribution in [0.25, 0.3) is 0 Å². The Labute approximate surface area is 112 Å². The van der Waals surface area contributed by atoms with Crippen molar-refractivity contribution in [1.29, 1.82) is 0 Å². The van der Waals surface area contributed by atoms with Crippen LogP contribution in [0, 0.1) is 10.1 Å². The molecule has 11 heteroatoms. The van der Waals surface area contributed by atoms with Gasteiger partial charge in [-0.05, 0) is 6.07 Å². The van der Waals surface area contributed by atoms with Crippen LogP contribution in [-0.2, 0) is 0 Å². The molecule has 0 aliphatic rings. The van der Waals surface area contributed by atoms with Crippen LogP contribution in [0.5, 0.6) is 0 Å². The predicted molar refractivity (Wildman–Crippen MR) is 70.4 cm³/mol. The van der Waals surface area contributed by atoms with Gasteiger partial charge < -0.3 is 15.5 Å². The van der Waals surface area contributed by atoms with Gasteiger partial charge in [0.1, 0.15) is 4.92 Å². The van der Waals surface area contributed by atoms with Crippen molar-refractivity contribution in [2.75, 3.05) is 23.5 Å². The zero-order valence-corrected chi connectivity index (χ0v) is 10.3. The maximum absolute atomic E-state index is 10.4. The summed E-state index contributed by atoms with van der Waals surface area (Å²) in [6.45, 7) is 0. The molecule has 0 bridgehead atoms. The molecule has 4 N–H and O–H groups in total. The van der Waals surface area contributed by atoms with Gasteiger partial charge in [0.05, 0.1) is 12.3 Å². The molecule has 2 heterocycles. The summed E-state index contributed by atoms with van der Waals surface area (Å²) in [5.74, 6) is 0.270. The number of nitro groups is 1. The third-order valence-electron chi connectivity index (χ3n) is 2.03. The Balaban J connectivity index is 2.05. The van der Waals surface area contributed by atoms with Gasteiger partial charge in [0, 0.05) is 7.05 Å². The van der Waals surface area contributed by atoms with E-state index < -0.39 is 4.92 Å². The summed E-state index contributed by atoms with van der Waals surface area (Å²) >= 11 is 0. The SMILES string of the molecule is CNc1nc(N)nc(N/N=C/c2ccc([N+](=O)[O-])o2)n1. The summed E-state index contributed by atoms with van der Waals surface area (Å²) < 4.78 is 4.87. The van der Waals surface area contributed by atoms with Crippen molar-refractivity contribution >= 4 is 29.9 Å². The van der Waals surface area contributed by atoms with Gasteiger partial charge in [-0.1, -0.05) is 0 Å². The Morgan fingerprint density at radius 2 is 2.15 bits per heavy atom. The average molecular weight is 278 g/mol. The molecule has 0 saturated heterocycles. The third-order valence-corrected chi connectivity index (χ3v) is 2.03. The van der Waals surface area contributed by atoms with Crippen LogP contribution in [0.4, 0.5) is 23.7 Å². The first-order valence-electron chi connectivity index (χ1n) is 5.31. The molecule has 0 fully saturated rings. The summed E-state index contributed by atoms with van der Waals surface area (Å²) in [5, 5.41) is 16.9. The fourth-order valence-corrected chi connectivity index (χ4v) is 1.22. The molecule has 2 aromatic heterocycles. The number of hydrogen-bond acceptors (Lipinski definition) is 10. The van der Waals surface area contributed by atoms with Gasteiger partial charge >= 0.3 is 5.88 Å². The number of nitrogens with two attached hydrogens (primary N) is 1. The van der Waals surface area contributed by atoms with Gasteiger partial charge in [-0.2, -0.15) is 20.1 Å². The number of nitrogens with one attached hydrogen (secondary N) is 2. The molecule has 0 aliphatic heterocycles. The Hall–Kier alpha value is -3.24. The highest BCUT2D eigenvalue weighted by Crippen LogP contribution is 2.14. The standard InChI is InChI=1S/C9H10N8O3/c1-11-8-13-7(10)14-9(15-8)16-12-4-5-2-3-6(20-5)17(18)19/h2-4H,1H3,(H4,10,11,13,14,15,16)/b12-4+. The summed E-state index contributed by atoms with van der Waals surface area (Å²) in [6, 6.07) is 2.63. The molecule has 104 valence electrons. The van der Waals surface area contributed by atoms with Gasteiger partial charge in [0.15, 0.2) is 5.76 Å². The number of nitrogen functional groups attached to an aromatic ring is 1. The monoisotopic (exact) mass is 278 g/mol. The minimum atomic E-state index is -0.642. The second kappa shape index (κ2) is 5.60. The summed E-state index contributed by atoms with van der Waals surface area (Å²) in [6.07, 6.45) is 1.24. The highest BCUT2D eigenvalue weighted by atomic mass is 16.6. The first-order valence-corrected chi connectivity index (χ1v) is 5.31. The second-order valence-electron chi connectivity index (χ2n) is 3.39. The number of hydrogen-bond donors (Lipinski definition) is 3. The lowest BCUT2D eigenvalue weighted by molar-refractivity contribution is -0.402. The first-order chi connectivity index (χ1) is 9.58. The highest BCUT2D eigenvalue weighted by Gasteiger charge is 2.10. The van der Waals surface area contributed by atoms with Gasteiger partial charge in [-0.15, -0.1) is 0 Å². The number of rotatable bonds is 5. The van der Waals surface area contributed by atoms with Crippen LogP contribution >= 0.6 is 0 Å². The molecular weight excluding hydrogens is 268 g/mol. The number of aromatic nitrogens is 3. The van der Waals surface area contributed by atoms with Crippen LogP contribution in [0.3, 0.4) is 0 Å². The molecule has 11 nitrogen and oxygen atoms in total. The van der Waals surface area contributed by atoms with Gasteiger partial charge in [-0.25, -0.2) is 5.43 Å². The van der Waals surface area contributed by atoms with E-state index in [1.165, 1.54) is 18.3 Å². The number of anilines is 3. The summed E-state index contributed by atoms with van der Waals surface area (Å²) in [7, 11) is 1.63. The van der Waals surface area contributed by atoms with E-state index in [9.17, 15) is 10.1 Å². The molecular formula is C9H10N8O3. The largest absolute Gasteiger partial charge is 0.433 e. The van der Waals surface area contributed by atoms with E-state index in [2.05, 4.69) is 30.8 Å². The van der Waals surface area contributed by atoms with Crippen LogP contribution in [0.2, 0.25) is 0 Å². The Morgan fingerprint density at radius 1 is 1.40 bits per heavy atom. The lowest BCUT2D eigenvalue weighted by atomic mass is 10.5. The van der Waals surface area contributed by atoms with Crippen molar-refractivity contribution in [2.24, 2.45) is 5.10 Å². The van der Waals surface area contributed by atoms with Crippen molar-refractivity contribution in [2.45, 2.75) is 0 Å². The van der Waals surface area contributed by atoms with Crippen molar-refractivity contribution in [1.82, 2.24) is 15.0 Å². The number of nitrogens with zero attached hydrogens (tertiary/aromatic N) is 5. The predicted octanol–water partition coefficient (Wildman–Crippen LogP) is 0.443. The molecule has 20 heavy (non-hydrogen) atoms. The molecule has 0 saturated carbocycles. The van der Waals surface area contributed by atoms with Crippen molar-refractivity contribution < 1.29 is 9.34 Å². The minimum absolute atomic E-state index is 0.0238. The molecule has 2 rings (SSSR count). The van der Waals surface area contributed by atoms with E-state index in [-0.39, 0.29) is 29.5 Å². The van der Waals surface area contributed by atoms with E-state index in [4.69, 9.17) is 10.2 Å². The fourth-order valence-electron chi connectivity index (χ4n) is 1.22. The van der Waals surface area contributed by atoms with Crippen LogP contribution in [-0.4, -0.2) is 33.1 Å². The molecule has 0 atom stereocenters. The third kappa shape index (κ3) is 3.16. The fraction of sp³-hybridized carbons (Fsp3) is 0.111. The van der Waals surface area contributed by atoms with Crippen molar-refractivity contribution in [3.8, 4) is 0 Å². The van der Waals surface area contributed by atoms with Gasteiger partial charge in [0.2, 0.25) is 17.8 Å². The summed E-state index contributed by atoms with van der Waals surface area (Å²) in [4.78, 5) is 21.3. The minimum Gasteiger partial charge on any atom is -0.400 e. The van der Waals surface area contributed by atoms with Crippen LogP contribution < -0.4 is 16.5 Å². The van der Waals surface area contributed by atoms with E-state index >= 15 is 0 Å². The average Bonchev–Trinajstić information content (AvgIpc) is 2.87. The van der Waals surface area contributed by atoms with Crippen LogP contribution in [0.15, 0.2) is 21.7 Å². The molecule has 0 aliphatic carbocycles. The Morgan fingerprint density at radius 3 is 2.80 bits per heavy atom. The Kier molecular flexibility index (Phi) is 3.70. The molecule has 0 unspecified atom stereocenters. The van der Waals surface area contributed by atoms with Gasteiger partial charge in [0.25, 0.3) is 0 Å². The van der Waals surface area contributed by atoms with E-state index in [0.717, 1.165) is 0 Å². The lowest BCUT2D eigenvalue weighted by Gasteiger charge is -2.02. The van der Waals surface area contributed by atoms with E-state index in [0.29, 0.717) is 0 Å². The second-order valence-corrected chi connectivity index (χ2v) is 3.39. The first kappa shape index (κ1) is 13.2. The molecule has 0 aromatic carbocycles. The molecule has 0 amide bonds. The van der Waals surface area contributed by atoms with E-state index in [1.807, 2.05) is 0 Å².